The first-order valence-corrected chi connectivity index (χ1v) is 6.80. The summed E-state index contributed by atoms with van der Waals surface area (Å²) in [6, 6.07) is 2.04. The lowest BCUT2D eigenvalue weighted by molar-refractivity contribution is 0.0702. The highest BCUT2D eigenvalue weighted by Crippen LogP contribution is 2.23. The summed E-state index contributed by atoms with van der Waals surface area (Å²) < 4.78 is 0. The molecule has 4 nitrogen and oxygen atoms in total. The fourth-order valence-corrected chi connectivity index (χ4v) is 3.07. The monoisotopic (exact) mass is 253 g/mol. The molecule has 1 fully saturated rings. The van der Waals surface area contributed by atoms with Crippen LogP contribution in [-0.4, -0.2) is 48.4 Å². The summed E-state index contributed by atoms with van der Waals surface area (Å²) in [5, 5.41) is 1.87. The average Bonchev–Trinajstić information content (AvgIpc) is 2.61. The van der Waals surface area contributed by atoms with Crippen LogP contribution in [0, 0.1) is 0 Å². The number of nitrogens with two attached hydrogens (primary N) is 1. The van der Waals surface area contributed by atoms with Crippen LogP contribution in [0.15, 0.2) is 11.4 Å². The highest BCUT2D eigenvalue weighted by molar-refractivity contribution is 7.12. The van der Waals surface area contributed by atoms with Gasteiger partial charge in [-0.3, -0.25) is 4.79 Å². The van der Waals surface area contributed by atoms with Crippen LogP contribution < -0.4 is 5.73 Å². The van der Waals surface area contributed by atoms with Crippen molar-refractivity contribution in [2.75, 3.05) is 32.4 Å². The highest BCUT2D eigenvalue weighted by Gasteiger charge is 2.26. The number of anilines is 1. The standard InChI is InChI=1S/C12H19N3OS/c1-9-8-14(2)5-3-6-15(9)12(16)11-10(13)4-7-17-11/h4,7,9H,3,5-6,8,13H2,1-2H3. The second-order valence-corrected chi connectivity index (χ2v) is 5.58. The molecule has 0 saturated carbocycles. The van der Waals surface area contributed by atoms with Crippen molar-refractivity contribution in [1.82, 2.24) is 9.80 Å². The van der Waals surface area contributed by atoms with Crippen molar-refractivity contribution in [1.29, 1.82) is 0 Å². The van der Waals surface area contributed by atoms with Crippen LogP contribution in [-0.2, 0) is 0 Å². The van der Waals surface area contributed by atoms with Gasteiger partial charge in [0.1, 0.15) is 4.88 Å². The lowest BCUT2D eigenvalue weighted by atomic mass is 10.2. The van der Waals surface area contributed by atoms with Crippen molar-refractivity contribution in [2.45, 2.75) is 19.4 Å². The molecule has 2 heterocycles. The summed E-state index contributed by atoms with van der Waals surface area (Å²) >= 11 is 1.43. The number of rotatable bonds is 1. The van der Waals surface area contributed by atoms with E-state index < -0.39 is 0 Å². The van der Waals surface area contributed by atoms with E-state index in [1.54, 1.807) is 6.07 Å². The van der Waals surface area contributed by atoms with Crippen LogP contribution in [0.5, 0.6) is 0 Å². The Morgan fingerprint density at radius 3 is 2.94 bits per heavy atom. The Morgan fingerprint density at radius 2 is 2.29 bits per heavy atom. The summed E-state index contributed by atoms with van der Waals surface area (Å²) in [4.78, 5) is 17.3. The zero-order valence-electron chi connectivity index (χ0n) is 10.3. The quantitative estimate of drug-likeness (QED) is 0.825. The smallest absolute Gasteiger partial charge is 0.266 e. The molecule has 0 radical (unpaired) electrons. The second-order valence-electron chi connectivity index (χ2n) is 4.67. The molecule has 1 saturated heterocycles. The minimum atomic E-state index is 0.0836. The van der Waals surface area contributed by atoms with Crippen molar-refractivity contribution >= 4 is 22.9 Å². The Labute approximate surface area is 106 Å². The third kappa shape index (κ3) is 2.61. The lowest BCUT2D eigenvalue weighted by Gasteiger charge is -2.27. The minimum absolute atomic E-state index is 0.0836. The third-order valence-corrected chi connectivity index (χ3v) is 4.12. The molecule has 1 unspecified atom stereocenters. The number of hydrogen-bond acceptors (Lipinski definition) is 4. The van der Waals surface area contributed by atoms with Crippen LogP contribution in [0.3, 0.4) is 0 Å². The molecule has 1 aromatic rings. The van der Waals surface area contributed by atoms with Gasteiger partial charge in [-0.1, -0.05) is 0 Å². The molecule has 94 valence electrons. The molecule has 0 aliphatic carbocycles. The maximum Gasteiger partial charge on any atom is 0.266 e. The molecule has 1 atom stereocenters. The summed E-state index contributed by atoms with van der Waals surface area (Å²) in [6.45, 7) is 4.90. The van der Waals surface area contributed by atoms with Gasteiger partial charge in [0.05, 0.1) is 5.69 Å². The topological polar surface area (TPSA) is 49.6 Å². The van der Waals surface area contributed by atoms with Crippen molar-refractivity contribution < 1.29 is 4.79 Å². The fourth-order valence-electron chi connectivity index (χ4n) is 2.30. The first-order valence-electron chi connectivity index (χ1n) is 5.92. The van der Waals surface area contributed by atoms with Crippen LogP contribution in [0.25, 0.3) is 0 Å². The molecule has 5 heteroatoms. The highest BCUT2D eigenvalue weighted by atomic mass is 32.1. The molecular formula is C12H19N3OS. The average molecular weight is 253 g/mol. The SMILES string of the molecule is CC1CN(C)CCCN1C(=O)c1sccc1N. The van der Waals surface area contributed by atoms with Gasteiger partial charge >= 0.3 is 0 Å². The molecule has 1 aliphatic rings. The fraction of sp³-hybridized carbons (Fsp3) is 0.583. The Hall–Kier alpha value is -1.07. The number of likely N-dealkylation sites (N-methyl/N-ethyl adjacent to an activating group) is 1. The van der Waals surface area contributed by atoms with Gasteiger partial charge in [0.25, 0.3) is 5.91 Å². The van der Waals surface area contributed by atoms with Crippen molar-refractivity contribution in [3.63, 3.8) is 0 Å². The molecule has 17 heavy (non-hydrogen) atoms. The van der Waals surface area contributed by atoms with Gasteiger partial charge in [-0.2, -0.15) is 0 Å². The molecule has 1 aliphatic heterocycles. The number of thiophene rings is 1. The van der Waals surface area contributed by atoms with E-state index in [1.807, 2.05) is 10.3 Å². The van der Waals surface area contributed by atoms with Crippen LogP contribution in [0.2, 0.25) is 0 Å². The van der Waals surface area contributed by atoms with Gasteiger partial charge in [0.2, 0.25) is 0 Å². The van der Waals surface area contributed by atoms with E-state index in [4.69, 9.17) is 5.73 Å². The first-order chi connectivity index (χ1) is 8.09. The number of carbonyl (C=O) groups is 1. The largest absolute Gasteiger partial charge is 0.397 e. The van der Waals surface area contributed by atoms with E-state index >= 15 is 0 Å². The van der Waals surface area contributed by atoms with Crippen LogP contribution >= 0.6 is 11.3 Å². The zero-order valence-corrected chi connectivity index (χ0v) is 11.2. The Morgan fingerprint density at radius 1 is 1.53 bits per heavy atom. The van der Waals surface area contributed by atoms with E-state index in [-0.39, 0.29) is 11.9 Å². The number of amides is 1. The van der Waals surface area contributed by atoms with Crippen molar-refractivity contribution in [3.8, 4) is 0 Å². The lowest BCUT2D eigenvalue weighted by Crippen LogP contribution is -2.41. The van der Waals surface area contributed by atoms with Gasteiger partial charge in [0, 0.05) is 19.1 Å². The number of nitrogen functional groups attached to an aromatic ring is 1. The van der Waals surface area contributed by atoms with E-state index in [9.17, 15) is 4.79 Å². The predicted octanol–water partition coefficient (Wildman–Crippen LogP) is 1.50. The molecule has 1 aromatic heterocycles. The Balaban J connectivity index is 2.16. The molecule has 2 rings (SSSR count). The first kappa shape index (κ1) is 12.4. The third-order valence-electron chi connectivity index (χ3n) is 3.20. The van der Waals surface area contributed by atoms with Gasteiger partial charge < -0.3 is 15.5 Å². The van der Waals surface area contributed by atoms with Gasteiger partial charge in [-0.15, -0.1) is 11.3 Å². The molecule has 2 N–H and O–H groups in total. The Bertz CT molecular complexity index is 404. The van der Waals surface area contributed by atoms with Crippen molar-refractivity contribution in [2.24, 2.45) is 0 Å². The molecule has 0 aromatic carbocycles. The van der Waals surface area contributed by atoms with Crippen LogP contribution in [0.4, 0.5) is 5.69 Å². The van der Waals surface area contributed by atoms with E-state index in [1.165, 1.54) is 11.3 Å². The van der Waals surface area contributed by atoms with E-state index in [2.05, 4.69) is 18.9 Å². The maximum atomic E-state index is 12.4. The minimum Gasteiger partial charge on any atom is -0.397 e. The van der Waals surface area contributed by atoms with Gasteiger partial charge in [-0.25, -0.2) is 0 Å². The molecule has 1 amide bonds. The summed E-state index contributed by atoms with van der Waals surface area (Å²) in [5.74, 6) is 0.0836. The summed E-state index contributed by atoms with van der Waals surface area (Å²) in [7, 11) is 2.10. The van der Waals surface area contributed by atoms with E-state index in [0.717, 1.165) is 26.1 Å². The predicted molar refractivity (Wildman–Crippen MR) is 71.3 cm³/mol. The van der Waals surface area contributed by atoms with Crippen LogP contribution in [0.1, 0.15) is 23.0 Å². The van der Waals surface area contributed by atoms with Gasteiger partial charge in [-0.05, 0) is 38.4 Å². The van der Waals surface area contributed by atoms with Crippen molar-refractivity contribution in [3.05, 3.63) is 16.3 Å². The number of carbonyl (C=O) groups excluding carboxylic acids is 1. The molecule has 0 bridgehead atoms. The molecular weight excluding hydrogens is 234 g/mol. The maximum absolute atomic E-state index is 12.4. The Kier molecular flexibility index (Phi) is 3.69. The van der Waals surface area contributed by atoms with E-state index in [0.29, 0.717) is 10.6 Å². The van der Waals surface area contributed by atoms with Gasteiger partial charge in [0.15, 0.2) is 0 Å². The molecule has 0 spiro atoms. The number of nitrogens with zero attached hydrogens (tertiary/aromatic N) is 2. The zero-order chi connectivity index (χ0) is 12.4. The number of hydrogen-bond donors (Lipinski definition) is 1. The normalized spacial score (nSPS) is 22.5. The second kappa shape index (κ2) is 5.06. The summed E-state index contributed by atoms with van der Waals surface area (Å²) in [5.41, 5.74) is 6.41. The summed E-state index contributed by atoms with van der Waals surface area (Å²) in [6.07, 6.45) is 1.03.